The highest BCUT2D eigenvalue weighted by Gasteiger charge is 2.33. The van der Waals surface area contributed by atoms with Crippen molar-refractivity contribution in [3.63, 3.8) is 0 Å². The summed E-state index contributed by atoms with van der Waals surface area (Å²) in [7, 11) is 0. The molecule has 2 aromatic rings. The van der Waals surface area contributed by atoms with Crippen LogP contribution in [0.4, 0.5) is 0 Å². The summed E-state index contributed by atoms with van der Waals surface area (Å²) < 4.78 is 5.46. The van der Waals surface area contributed by atoms with Crippen LogP contribution in [0.2, 0.25) is 0 Å². The lowest BCUT2D eigenvalue weighted by atomic mass is 10.1. The molecule has 122 valence electrons. The second kappa shape index (κ2) is 6.94. The van der Waals surface area contributed by atoms with Crippen molar-refractivity contribution >= 4 is 5.91 Å². The van der Waals surface area contributed by atoms with E-state index < -0.39 is 0 Å². The molecule has 3 rings (SSSR count). The molecule has 1 atom stereocenters. The van der Waals surface area contributed by atoms with E-state index in [1.165, 1.54) is 5.56 Å². The maximum absolute atomic E-state index is 12.3. The number of carbonyl (C=O) groups is 1. The molecule has 1 aliphatic heterocycles. The lowest BCUT2D eigenvalue weighted by Gasteiger charge is -2.21. The topological polar surface area (TPSA) is 59.2 Å². The summed E-state index contributed by atoms with van der Waals surface area (Å²) in [6, 6.07) is 7.97. The Morgan fingerprint density at radius 1 is 1.35 bits per heavy atom. The molecule has 1 saturated heterocycles. The zero-order valence-electron chi connectivity index (χ0n) is 13.8. The van der Waals surface area contributed by atoms with Crippen LogP contribution in [0.5, 0.6) is 0 Å². The Morgan fingerprint density at radius 2 is 2.13 bits per heavy atom. The van der Waals surface area contributed by atoms with Crippen LogP contribution in [0, 0.1) is 6.92 Å². The van der Waals surface area contributed by atoms with Crippen LogP contribution >= 0.6 is 0 Å². The summed E-state index contributed by atoms with van der Waals surface area (Å²) in [6.45, 7) is 4.93. The third kappa shape index (κ3) is 3.44. The minimum Gasteiger partial charge on any atom is -0.337 e. The van der Waals surface area contributed by atoms with E-state index in [1.807, 2.05) is 36.1 Å². The molecule has 1 aliphatic rings. The van der Waals surface area contributed by atoms with Crippen LogP contribution in [0.15, 0.2) is 28.8 Å². The second-order valence-corrected chi connectivity index (χ2v) is 6.17. The highest BCUT2D eigenvalue weighted by molar-refractivity contribution is 5.76. The Bertz CT molecular complexity index is 663. The first kappa shape index (κ1) is 15.7. The zero-order chi connectivity index (χ0) is 16.2. The Labute approximate surface area is 136 Å². The number of aromatic nitrogens is 2. The molecule has 1 aromatic carbocycles. The van der Waals surface area contributed by atoms with Gasteiger partial charge in [-0.25, -0.2) is 0 Å². The van der Waals surface area contributed by atoms with Crippen LogP contribution in [0.1, 0.15) is 56.5 Å². The van der Waals surface area contributed by atoms with E-state index in [2.05, 4.69) is 17.1 Å². The first-order valence-corrected chi connectivity index (χ1v) is 8.39. The minimum absolute atomic E-state index is 0.0638. The van der Waals surface area contributed by atoms with Crippen LogP contribution in [-0.4, -0.2) is 27.5 Å². The van der Waals surface area contributed by atoms with Crippen LogP contribution in [0.3, 0.4) is 0 Å². The molecular formula is C18H23N3O2. The van der Waals surface area contributed by atoms with Gasteiger partial charge in [0.05, 0.1) is 0 Å². The summed E-state index contributed by atoms with van der Waals surface area (Å²) in [5.74, 6) is 1.35. The maximum atomic E-state index is 12.3. The van der Waals surface area contributed by atoms with E-state index in [4.69, 9.17) is 4.52 Å². The average molecular weight is 313 g/mol. The number of hydrogen-bond donors (Lipinski definition) is 0. The molecule has 2 heterocycles. The van der Waals surface area contributed by atoms with Gasteiger partial charge in [-0.3, -0.25) is 4.79 Å². The van der Waals surface area contributed by atoms with Gasteiger partial charge in [-0.2, -0.15) is 4.98 Å². The van der Waals surface area contributed by atoms with E-state index >= 15 is 0 Å². The molecular weight excluding hydrogens is 290 g/mol. The molecule has 0 aliphatic carbocycles. The Kier molecular flexibility index (Phi) is 4.74. The second-order valence-electron chi connectivity index (χ2n) is 6.17. The van der Waals surface area contributed by atoms with Gasteiger partial charge < -0.3 is 9.42 Å². The normalized spacial score (nSPS) is 17.7. The fraction of sp³-hybridized carbons (Fsp3) is 0.500. The predicted molar refractivity (Wildman–Crippen MR) is 87.7 cm³/mol. The van der Waals surface area contributed by atoms with Gasteiger partial charge in [-0.15, -0.1) is 0 Å². The van der Waals surface area contributed by atoms with Gasteiger partial charge in [0.2, 0.25) is 17.6 Å². The first-order valence-electron chi connectivity index (χ1n) is 8.39. The number of rotatable bonds is 5. The molecule has 1 unspecified atom stereocenters. The summed E-state index contributed by atoms with van der Waals surface area (Å²) in [6.07, 6.45) is 4.45. The molecule has 1 fully saturated rings. The predicted octanol–water partition coefficient (Wildman–Crippen LogP) is 3.90. The fourth-order valence-corrected chi connectivity index (χ4v) is 2.98. The molecule has 1 amide bonds. The SMILES string of the molecule is CCCCC(=O)N1CCCC1c1nc(-c2ccc(C)cc2)no1. The van der Waals surface area contributed by atoms with Crippen molar-refractivity contribution in [3.05, 3.63) is 35.7 Å². The van der Waals surface area contributed by atoms with E-state index in [-0.39, 0.29) is 11.9 Å². The largest absolute Gasteiger partial charge is 0.337 e. The van der Waals surface area contributed by atoms with Crippen molar-refractivity contribution in [3.8, 4) is 11.4 Å². The number of likely N-dealkylation sites (tertiary alicyclic amines) is 1. The monoisotopic (exact) mass is 313 g/mol. The number of benzene rings is 1. The van der Waals surface area contributed by atoms with Gasteiger partial charge in [0.25, 0.3) is 0 Å². The summed E-state index contributed by atoms with van der Waals surface area (Å²) in [5.41, 5.74) is 2.13. The molecule has 1 aromatic heterocycles. The number of hydrogen-bond acceptors (Lipinski definition) is 4. The van der Waals surface area contributed by atoms with Gasteiger partial charge >= 0.3 is 0 Å². The van der Waals surface area contributed by atoms with Gasteiger partial charge in [-0.1, -0.05) is 48.3 Å². The molecule has 5 nitrogen and oxygen atoms in total. The average Bonchev–Trinajstić information content (AvgIpc) is 3.21. The van der Waals surface area contributed by atoms with E-state index in [9.17, 15) is 4.79 Å². The van der Waals surface area contributed by atoms with Gasteiger partial charge in [0, 0.05) is 18.5 Å². The van der Waals surface area contributed by atoms with E-state index in [1.54, 1.807) is 0 Å². The number of unbranched alkanes of at least 4 members (excludes halogenated alkanes) is 1. The Morgan fingerprint density at radius 3 is 2.87 bits per heavy atom. The van der Waals surface area contributed by atoms with Crippen molar-refractivity contribution < 1.29 is 9.32 Å². The molecule has 0 bridgehead atoms. The van der Waals surface area contributed by atoms with Crippen molar-refractivity contribution in [1.82, 2.24) is 15.0 Å². The molecule has 0 saturated carbocycles. The van der Waals surface area contributed by atoms with Gasteiger partial charge in [0.15, 0.2) is 0 Å². The van der Waals surface area contributed by atoms with E-state index in [0.717, 1.165) is 37.8 Å². The van der Waals surface area contributed by atoms with E-state index in [0.29, 0.717) is 18.1 Å². The number of amides is 1. The highest BCUT2D eigenvalue weighted by atomic mass is 16.5. The first-order chi connectivity index (χ1) is 11.2. The van der Waals surface area contributed by atoms with Crippen molar-refractivity contribution in [2.45, 2.75) is 52.0 Å². The number of carbonyl (C=O) groups excluding carboxylic acids is 1. The zero-order valence-corrected chi connectivity index (χ0v) is 13.8. The quantitative estimate of drug-likeness (QED) is 0.840. The third-order valence-electron chi connectivity index (χ3n) is 4.35. The lowest BCUT2D eigenvalue weighted by Crippen LogP contribution is -2.30. The van der Waals surface area contributed by atoms with Crippen molar-refractivity contribution in [2.24, 2.45) is 0 Å². The molecule has 5 heteroatoms. The lowest BCUT2D eigenvalue weighted by molar-refractivity contribution is -0.132. The van der Waals surface area contributed by atoms with Gasteiger partial charge in [-0.05, 0) is 26.2 Å². The Hall–Kier alpha value is -2.17. The minimum atomic E-state index is -0.0638. The molecule has 0 radical (unpaired) electrons. The smallest absolute Gasteiger partial charge is 0.249 e. The fourth-order valence-electron chi connectivity index (χ4n) is 2.98. The van der Waals surface area contributed by atoms with Gasteiger partial charge in [0.1, 0.15) is 6.04 Å². The summed E-state index contributed by atoms with van der Waals surface area (Å²) >= 11 is 0. The van der Waals surface area contributed by atoms with Crippen LogP contribution in [0.25, 0.3) is 11.4 Å². The number of nitrogens with zero attached hydrogens (tertiary/aromatic N) is 3. The van der Waals surface area contributed by atoms with Crippen molar-refractivity contribution in [2.75, 3.05) is 6.54 Å². The van der Waals surface area contributed by atoms with Crippen LogP contribution in [-0.2, 0) is 4.79 Å². The molecule has 23 heavy (non-hydrogen) atoms. The molecule has 0 N–H and O–H groups in total. The molecule has 0 spiro atoms. The third-order valence-corrected chi connectivity index (χ3v) is 4.35. The standard InChI is InChI=1S/C18H23N3O2/c1-3-4-7-16(22)21-12-5-6-15(21)18-19-17(20-23-18)14-10-8-13(2)9-11-14/h8-11,15H,3-7,12H2,1-2H3. The van der Waals surface area contributed by atoms with Crippen molar-refractivity contribution in [1.29, 1.82) is 0 Å². The number of aryl methyl sites for hydroxylation is 1. The summed E-state index contributed by atoms with van der Waals surface area (Å²) in [4.78, 5) is 18.8. The highest BCUT2D eigenvalue weighted by Crippen LogP contribution is 2.32. The Balaban J connectivity index is 1.76. The summed E-state index contributed by atoms with van der Waals surface area (Å²) in [5, 5.41) is 4.09. The van der Waals surface area contributed by atoms with Crippen LogP contribution < -0.4 is 0 Å². The maximum Gasteiger partial charge on any atom is 0.249 e.